The Kier molecular flexibility index (Phi) is 7.06. The summed E-state index contributed by atoms with van der Waals surface area (Å²) < 4.78 is 1.96. The number of hydrogen-bond acceptors (Lipinski definition) is 3. The maximum Gasteiger partial charge on any atom is 0.192 e. The van der Waals surface area contributed by atoms with E-state index in [0.29, 0.717) is 12.6 Å². The minimum absolute atomic E-state index is 0. The van der Waals surface area contributed by atoms with Gasteiger partial charge in [-0.05, 0) is 44.4 Å². The molecule has 1 fully saturated rings. The van der Waals surface area contributed by atoms with Crippen LogP contribution in [0.4, 0.5) is 0 Å². The van der Waals surface area contributed by atoms with Crippen LogP contribution in [0.5, 0.6) is 0 Å². The summed E-state index contributed by atoms with van der Waals surface area (Å²) in [5.41, 5.74) is 1.17. The van der Waals surface area contributed by atoms with Crippen LogP contribution in [0.2, 0.25) is 5.02 Å². The first-order valence-electron chi connectivity index (χ1n) is 8.21. The molecule has 1 aromatic heterocycles. The molecule has 1 unspecified atom stereocenters. The Bertz CT molecular complexity index is 723. The van der Waals surface area contributed by atoms with E-state index >= 15 is 0 Å². The van der Waals surface area contributed by atoms with Gasteiger partial charge < -0.3 is 15.2 Å². The molecule has 0 spiro atoms. The highest BCUT2D eigenvalue weighted by Gasteiger charge is 2.23. The van der Waals surface area contributed by atoms with Gasteiger partial charge in [-0.2, -0.15) is 0 Å². The number of benzene rings is 1. The second kappa shape index (κ2) is 8.84. The molecule has 25 heavy (non-hydrogen) atoms. The van der Waals surface area contributed by atoms with Crippen molar-refractivity contribution in [3.8, 4) is 0 Å². The molecule has 136 valence electrons. The fraction of sp³-hybridized carbons (Fsp3) is 0.471. The van der Waals surface area contributed by atoms with Crippen LogP contribution in [0.15, 0.2) is 29.3 Å². The zero-order valence-corrected chi connectivity index (χ0v) is 17.7. The van der Waals surface area contributed by atoms with Crippen molar-refractivity contribution in [2.45, 2.75) is 45.3 Å². The van der Waals surface area contributed by atoms with Gasteiger partial charge in [0.2, 0.25) is 0 Å². The van der Waals surface area contributed by atoms with Gasteiger partial charge in [0.05, 0.1) is 6.04 Å². The fourth-order valence-electron chi connectivity index (χ4n) is 2.33. The normalized spacial score (nSPS) is 15.4. The first-order chi connectivity index (χ1) is 11.5. The van der Waals surface area contributed by atoms with Gasteiger partial charge in [-0.3, -0.25) is 0 Å². The third kappa shape index (κ3) is 5.57. The van der Waals surface area contributed by atoms with E-state index < -0.39 is 0 Å². The fourth-order valence-corrected chi connectivity index (χ4v) is 2.46. The van der Waals surface area contributed by atoms with Crippen molar-refractivity contribution in [1.82, 2.24) is 25.4 Å². The minimum atomic E-state index is 0. The van der Waals surface area contributed by atoms with Crippen molar-refractivity contribution in [3.63, 3.8) is 0 Å². The Hall–Kier alpha value is -1.35. The average Bonchev–Trinajstić information content (AvgIpc) is 3.32. The summed E-state index contributed by atoms with van der Waals surface area (Å²) in [6, 6.07) is 8.52. The second-order valence-electron chi connectivity index (χ2n) is 6.22. The summed E-state index contributed by atoms with van der Waals surface area (Å²) in [7, 11) is 1.96. The zero-order chi connectivity index (χ0) is 17.1. The van der Waals surface area contributed by atoms with E-state index in [-0.39, 0.29) is 30.0 Å². The lowest BCUT2D eigenvalue weighted by molar-refractivity contribution is 0.675. The summed E-state index contributed by atoms with van der Waals surface area (Å²) in [5, 5.41) is 15.9. The minimum Gasteiger partial charge on any atom is -0.354 e. The number of aromatic nitrogens is 3. The molecule has 0 amide bonds. The highest BCUT2D eigenvalue weighted by Crippen LogP contribution is 2.20. The van der Waals surface area contributed by atoms with Crippen LogP contribution in [-0.2, 0) is 13.6 Å². The molecule has 1 atom stereocenters. The van der Waals surface area contributed by atoms with Crippen molar-refractivity contribution in [3.05, 3.63) is 46.5 Å². The standard InChI is InChI=1S/C17H23ClN6.HI/c1-11(13-4-6-14(18)7-5-13)20-17(21-15-8-9-15)19-10-16-23-22-12(2)24(16)3;/h4-7,11,15H,8-10H2,1-3H3,(H2,19,20,21);1H. The maximum atomic E-state index is 5.96. The van der Waals surface area contributed by atoms with Crippen LogP contribution in [-0.4, -0.2) is 26.8 Å². The Balaban J connectivity index is 0.00000225. The number of halogens is 2. The van der Waals surface area contributed by atoms with E-state index in [2.05, 4.69) is 32.7 Å². The highest BCUT2D eigenvalue weighted by atomic mass is 127. The monoisotopic (exact) mass is 474 g/mol. The summed E-state index contributed by atoms with van der Waals surface area (Å²) >= 11 is 5.96. The Morgan fingerprint density at radius 2 is 2.00 bits per heavy atom. The predicted molar refractivity (Wildman–Crippen MR) is 111 cm³/mol. The Morgan fingerprint density at radius 3 is 2.56 bits per heavy atom. The summed E-state index contributed by atoms with van der Waals surface area (Å²) in [6.45, 7) is 4.54. The first-order valence-corrected chi connectivity index (χ1v) is 8.58. The molecule has 2 N–H and O–H groups in total. The molecule has 1 aliphatic rings. The van der Waals surface area contributed by atoms with Crippen LogP contribution < -0.4 is 10.6 Å². The van der Waals surface area contributed by atoms with E-state index in [1.165, 1.54) is 18.4 Å². The molecule has 1 heterocycles. The molecule has 1 saturated carbocycles. The van der Waals surface area contributed by atoms with Gasteiger partial charge in [-0.15, -0.1) is 34.2 Å². The van der Waals surface area contributed by atoms with Gasteiger partial charge >= 0.3 is 0 Å². The molecule has 0 radical (unpaired) electrons. The van der Waals surface area contributed by atoms with Crippen molar-refractivity contribution in [2.24, 2.45) is 12.0 Å². The smallest absolute Gasteiger partial charge is 0.192 e. The number of hydrogen-bond donors (Lipinski definition) is 2. The number of nitrogens with one attached hydrogen (secondary N) is 2. The number of guanidine groups is 1. The third-order valence-corrected chi connectivity index (χ3v) is 4.45. The SMILES string of the molecule is Cc1nnc(CN=C(NC2CC2)NC(C)c2ccc(Cl)cc2)n1C.I. The first kappa shape index (κ1) is 20.0. The molecule has 0 bridgehead atoms. The average molecular weight is 475 g/mol. The number of nitrogens with zero attached hydrogens (tertiary/aromatic N) is 4. The summed E-state index contributed by atoms with van der Waals surface area (Å²) in [4.78, 5) is 4.68. The predicted octanol–water partition coefficient (Wildman–Crippen LogP) is 3.35. The molecule has 3 rings (SSSR count). The van der Waals surface area contributed by atoms with Crippen LogP contribution in [0.1, 0.15) is 43.0 Å². The van der Waals surface area contributed by atoms with E-state index in [1.54, 1.807) is 0 Å². The third-order valence-electron chi connectivity index (χ3n) is 4.20. The van der Waals surface area contributed by atoms with Crippen LogP contribution in [0, 0.1) is 6.92 Å². The van der Waals surface area contributed by atoms with E-state index in [9.17, 15) is 0 Å². The number of aryl methyl sites for hydroxylation is 1. The van der Waals surface area contributed by atoms with Crippen molar-refractivity contribution in [1.29, 1.82) is 0 Å². The molecular formula is C17H24ClIN6. The van der Waals surface area contributed by atoms with Crippen LogP contribution in [0.3, 0.4) is 0 Å². The van der Waals surface area contributed by atoms with Crippen LogP contribution >= 0.6 is 35.6 Å². The topological polar surface area (TPSA) is 67.1 Å². The van der Waals surface area contributed by atoms with Crippen molar-refractivity contribution >= 4 is 41.5 Å². The highest BCUT2D eigenvalue weighted by molar-refractivity contribution is 14.0. The second-order valence-corrected chi connectivity index (χ2v) is 6.66. The lowest BCUT2D eigenvalue weighted by atomic mass is 10.1. The van der Waals surface area contributed by atoms with Gasteiger partial charge in [0, 0.05) is 18.1 Å². The van der Waals surface area contributed by atoms with Gasteiger partial charge in [0.25, 0.3) is 0 Å². The van der Waals surface area contributed by atoms with E-state index in [4.69, 9.17) is 11.6 Å². The van der Waals surface area contributed by atoms with Gasteiger partial charge in [-0.1, -0.05) is 23.7 Å². The molecule has 1 aromatic carbocycles. The number of rotatable bonds is 5. The Labute approximate surface area is 170 Å². The van der Waals surface area contributed by atoms with Crippen LogP contribution in [0.25, 0.3) is 0 Å². The quantitative estimate of drug-likeness (QED) is 0.396. The molecule has 1 aliphatic carbocycles. The zero-order valence-electron chi connectivity index (χ0n) is 14.7. The summed E-state index contributed by atoms with van der Waals surface area (Å²) in [5.74, 6) is 2.54. The van der Waals surface area contributed by atoms with Crippen molar-refractivity contribution < 1.29 is 0 Å². The van der Waals surface area contributed by atoms with Gasteiger partial charge in [0.1, 0.15) is 12.4 Å². The van der Waals surface area contributed by atoms with E-state index in [1.807, 2.05) is 42.8 Å². The molecule has 0 aliphatic heterocycles. The lowest BCUT2D eigenvalue weighted by Crippen LogP contribution is -2.40. The molecule has 8 heteroatoms. The molecular weight excluding hydrogens is 451 g/mol. The molecule has 0 saturated heterocycles. The Morgan fingerprint density at radius 1 is 1.32 bits per heavy atom. The maximum absolute atomic E-state index is 5.96. The molecule has 2 aromatic rings. The number of aliphatic imine (C=N–C) groups is 1. The molecule has 6 nitrogen and oxygen atoms in total. The largest absolute Gasteiger partial charge is 0.354 e. The van der Waals surface area contributed by atoms with Gasteiger partial charge in [0.15, 0.2) is 11.8 Å². The summed E-state index contributed by atoms with van der Waals surface area (Å²) in [6.07, 6.45) is 2.39. The van der Waals surface area contributed by atoms with E-state index in [0.717, 1.165) is 22.6 Å². The van der Waals surface area contributed by atoms with Gasteiger partial charge in [-0.25, -0.2) is 4.99 Å². The van der Waals surface area contributed by atoms with Crippen molar-refractivity contribution in [2.75, 3.05) is 0 Å². The lowest BCUT2D eigenvalue weighted by Gasteiger charge is -2.18.